The van der Waals surface area contributed by atoms with Gasteiger partial charge in [0.25, 0.3) is 0 Å². The zero-order chi connectivity index (χ0) is 37.0. The molecule has 9 aromatic carbocycles. The Kier molecular flexibility index (Phi) is 7.72. The number of benzene rings is 9. The van der Waals surface area contributed by atoms with Crippen LogP contribution in [0.25, 0.3) is 104 Å². The Hall–Kier alpha value is -7.07. The first-order valence-corrected chi connectivity index (χ1v) is 19.9. The lowest BCUT2D eigenvalue weighted by Gasteiger charge is -2.18. The lowest BCUT2D eigenvalue weighted by atomic mass is 9.85. The molecule has 0 spiro atoms. The minimum Gasteiger partial charge on any atom is -0.292 e. The maximum atomic E-state index is 5.16. The molecule has 2 nitrogen and oxygen atoms in total. The third-order valence-electron chi connectivity index (χ3n) is 11.0. The molecule has 0 bridgehead atoms. The van der Waals surface area contributed by atoms with Crippen molar-refractivity contribution in [2.24, 2.45) is 0 Å². The van der Waals surface area contributed by atoms with Crippen LogP contribution in [0.15, 0.2) is 206 Å². The number of para-hydroxylation sites is 3. The van der Waals surface area contributed by atoms with Crippen LogP contribution in [0.1, 0.15) is 0 Å². The Morgan fingerprint density at radius 2 is 0.964 bits per heavy atom. The van der Waals surface area contributed by atoms with Crippen molar-refractivity contribution in [2.45, 2.75) is 0 Å². The maximum absolute atomic E-state index is 5.16. The quantitative estimate of drug-likeness (QED) is 0.167. The van der Waals surface area contributed by atoms with E-state index in [0.29, 0.717) is 0 Å². The van der Waals surface area contributed by atoms with Gasteiger partial charge in [0.05, 0.1) is 11.0 Å². The number of rotatable bonds is 6. The zero-order valence-corrected chi connectivity index (χ0v) is 31.2. The summed E-state index contributed by atoms with van der Waals surface area (Å²) in [4.78, 5) is 6.42. The number of thiophene rings is 1. The van der Waals surface area contributed by atoms with Crippen LogP contribution in [0.3, 0.4) is 0 Å². The highest BCUT2D eigenvalue weighted by Crippen LogP contribution is 2.54. The predicted octanol–water partition coefficient (Wildman–Crippen LogP) is 14.9. The van der Waals surface area contributed by atoms with Gasteiger partial charge in [0.15, 0.2) is 0 Å². The molecule has 0 aliphatic rings. The molecule has 11 rings (SSSR count). The van der Waals surface area contributed by atoms with Gasteiger partial charge in [-0.1, -0.05) is 176 Å². The molecule has 0 saturated carbocycles. The summed E-state index contributed by atoms with van der Waals surface area (Å²) >= 11 is 1.91. The van der Waals surface area contributed by atoms with Gasteiger partial charge < -0.3 is 0 Å². The lowest BCUT2D eigenvalue weighted by molar-refractivity contribution is 1.10. The van der Waals surface area contributed by atoms with Crippen LogP contribution in [0.5, 0.6) is 0 Å². The fourth-order valence-corrected chi connectivity index (χ4v) is 9.88. The van der Waals surface area contributed by atoms with Crippen LogP contribution in [-0.2, 0) is 0 Å². The van der Waals surface area contributed by atoms with E-state index in [1.54, 1.807) is 0 Å². The van der Waals surface area contributed by atoms with Gasteiger partial charge in [-0.05, 0) is 79.7 Å². The number of hydrogen-bond donors (Lipinski definition) is 0. The lowest BCUT2D eigenvalue weighted by Crippen LogP contribution is -1.97. The molecule has 0 atom stereocenters. The molecule has 0 saturated heterocycles. The molecule has 2 aromatic heterocycles. The Morgan fingerprint density at radius 3 is 1.71 bits per heavy atom. The summed E-state index contributed by atoms with van der Waals surface area (Å²) in [5.41, 5.74) is 12.9. The Morgan fingerprint density at radius 1 is 0.393 bits per heavy atom. The molecule has 0 aliphatic heterocycles. The van der Waals surface area contributed by atoms with Crippen LogP contribution in [0.4, 0.5) is 0 Å². The second-order valence-corrected chi connectivity index (χ2v) is 15.3. The van der Waals surface area contributed by atoms with E-state index in [2.05, 4.69) is 211 Å². The van der Waals surface area contributed by atoms with Gasteiger partial charge in [-0.15, -0.1) is 11.3 Å². The van der Waals surface area contributed by atoms with E-state index in [1.807, 2.05) is 11.3 Å². The summed E-state index contributed by atoms with van der Waals surface area (Å²) in [7, 11) is 0. The van der Waals surface area contributed by atoms with E-state index < -0.39 is 0 Å². The molecule has 2 heterocycles. The third kappa shape index (κ3) is 5.28. The monoisotopic (exact) mass is 730 g/mol. The average molecular weight is 731 g/mol. The average Bonchev–Trinajstić information content (AvgIpc) is 3.87. The van der Waals surface area contributed by atoms with Crippen LogP contribution in [0, 0.1) is 0 Å². The summed E-state index contributed by atoms with van der Waals surface area (Å²) in [5.74, 6) is 0.931. The highest BCUT2D eigenvalue weighted by molar-refractivity contribution is 7.24. The van der Waals surface area contributed by atoms with Crippen LogP contribution in [0.2, 0.25) is 0 Å². The molecule has 0 radical (unpaired) electrons. The van der Waals surface area contributed by atoms with Gasteiger partial charge in [0.1, 0.15) is 5.82 Å². The third-order valence-corrected chi connectivity index (χ3v) is 12.3. The Balaban J connectivity index is 1.19. The van der Waals surface area contributed by atoms with E-state index in [0.717, 1.165) is 28.1 Å². The van der Waals surface area contributed by atoms with E-state index in [1.165, 1.54) is 75.5 Å². The number of nitrogens with zero attached hydrogens (tertiary/aromatic N) is 2. The largest absolute Gasteiger partial charge is 0.292 e. The SMILES string of the molecule is c1ccc(-c2c(-c3ccc4ccccc4c3)c3ccccc3c3c(-c4ccccc4)c(-c4ccc(-c5nc6ccccc6n5-c5ccccc5)cc4)sc23)cc1. The molecule has 0 unspecified atom stereocenters. The molecule has 0 amide bonds. The topological polar surface area (TPSA) is 17.8 Å². The van der Waals surface area contributed by atoms with Gasteiger partial charge in [-0.2, -0.15) is 0 Å². The zero-order valence-electron chi connectivity index (χ0n) is 30.4. The fourth-order valence-electron chi connectivity index (χ4n) is 8.47. The Labute approximate surface area is 329 Å². The summed E-state index contributed by atoms with van der Waals surface area (Å²) in [6.45, 7) is 0. The van der Waals surface area contributed by atoms with Crippen molar-refractivity contribution >= 4 is 54.0 Å². The predicted molar refractivity (Wildman–Crippen MR) is 239 cm³/mol. The molecule has 262 valence electrons. The van der Waals surface area contributed by atoms with Crippen LogP contribution in [-0.4, -0.2) is 9.55 Å². The molecule has 0 fully saturated rings. The molecular formula is C53H34N2S. The van der Waals surface area contributed by atoms with Crippen molar-refractivity contribution in [1.82, 2.24) is 9.55 Å². The van der Waals surface area contributed by atoms with Gasteiger partial charge in [0.2, 0.25) is 0 Å². The van der Waals surface area contributed by atoms with Gasteiger partial charge in [-0.25, -0.2) is 4.98 Å². The van der Waals surface area contributed by atoms with Gasteiger partial charge in [-0.3, -0.25) is 4.57 Å². The molecular weight excluding hydrogens is 697 g/mol. The number of aromatic nitrogens is 2. The van der Waals surface area contributed by atoms with E-state index >= 15 is 0 Å². The molecule has 56 heavy (non-hydrogen) atoms. The molecule has 3 heteroatoms. The first-order chi connectivity index (χ1) is 27.8. The molecule has 0 N–H and O–H groups in total. The first-order valence-electron chi connectivity index (χ1n) is 19.0. The second-order valence-electron chi connectivity index (χ2n) is 14.3. The van der Waals surface area contributed by atoms with Crippen molar-refractivity contribution in [3.8, 4) is 60.9 Å². The molecule has 11 aromatic rings. The Bertz CT molecular complexity index is 3210. The van der Waals surface area contributed by atoms with E-state index in [4.69, 9.17) is 4.98 Å². The highest BCUT2D eigenvalue weighted by atomic mass is 32.1. The molecule has 0 aliphatic carbocycles. The summed E-state index contributed by atoms with van der Waals surface area (Å²) < 4.78 is 3.56. The highest BCUT2D eigenvalue weighted by Gasteiger charge is 2.25. The second kappa shape index (κ2) is 13.3. The number of fused-ring (bicyclic) bond motifs is 5. The summed E-state index contributed by atoms with van der Waals surface area (Å²) in [5, 5.41) is 6.30. The van der Waals surface area contributed by atoms with E-state index in [9.17, 15) is 0 Å². The maximum Gasteiger partial charge on any atom is 0.145 e. The van der Waals surface area contributed by atoms with Crippen LogP contribution >= 0.6 is 11.3 Å². The number of imidazole rings is 1. The summed E-state index contributed by atoms with van der Waals surface area (Å²) in [6, 6.07) is 74.5. The number of hydrogen-bond acceptors (Lipinski definition) is 2. The van der Waals surface area contributed by atoms with Crippen molar-refractivity contribution in [3.63, 3.8) is 0 Å². The summed E-state index contributed by atoms with van der Waals surface area (Å²) in [6.07, 6.45) is 0. The minimum atomic E-state index is 0.931. The van der Waals surface area contributed by atoms with Gasteiger partial charge >= 0.3 is 0 Å². The van der Waals surface area contributed by atoms with Crippen molar-refractivity contribution in [1.29, 1.82) is 0 Å². The van der Waals surface area contributed by atoms with Crippen molar-refractivity contribution in [2.75, 3.05) is 0 Å². The fraction of sp³-hybridized carbons (Fsp3) is 0. The van der Waals surface area contributed by atoms with Crippen molar-refractivity contribution < 1.29 is 0 Å². The van der Waals surface area contributed by atoms with Gasteiger partial charge in [0, 0.05) is 37.3 Å². The van der Waals surface area contributed by atoms with Crippen molar-refractivity contribution in [3.05, 3.63) is 206 Å². The standard InChI is InChI=1S/C53H34N2S/c1-4-17-36(18-5-1)48-47(41-33-28-35-16-10-11-21-40(35)34-41)43-24-12-13-25-44(43)50-49(37-19-6-2-7-20-37)51(56-52(48)50)38-29-31-39(32-30-38)53-54-45-26-14-15-27-46(45)55(53)42-22-8-3-9-23-42/h1-34H. The smallest absolute Gasteiger partial charge is 0.145 e. The minimum absolute atomic E-state index is 0.931. The van der Waals surface area contributed by atoms with E-state index in [-0.39, 0.29) is 0 Å². The first kappa shape index (κ1) is 32.4. The normalized spacial score (nSPS) is 11.6. The van der Waals surface area contributed by atoms with Crippen LogP contribution < -0.4 is 0 Å².